The molecule has 0 radical (unpaired) electrons. The highest BCUT2D eigenvalue weighted by Crippen LogP contribution is 2.29. The summed E-state index contributed by atoms with van der Waals surface area (Å²) in [5.74, 6) is 1.19. The molecule has 1 unspecified atom stereocenters. The molecule has 0 saturated heterocycles. The number of nitrogens with zero attached hydrogens (tertiary/aromatic N) is 1. The van der Waals surface area contributed by atoms with Crippen LogP contribution >= 0.6 is 0 Å². The Kier molecular flexibility index (Phi) is 5.19. The zero-order chi connectivity index (χ0) is 15.9. The van der Waals surface area contributed by atoms with Crippen molar-refractivity contribution in [3.05, 3.63) is 48.3 Å². The molecule has 0 bridgehead atoms. The Balaban J connectivity index is 2.03. The Morgan fingerprint density at radius 1 is 1.14 bits per heavy atom. The molecule has 116 valence electrons. The van der Waals surface area contributed by atoms with Crippen molar-refractivity contribution >= 4 is 11.7 Å². The van der Waals surface area contributed by atoms with Gasteiger partial charge in [0.1, 0.15) is 11.5 Å². The lowest BCUT2D eigenvalue weighted by Crippen LogP contribution is -2.31. The zero-order valence-electron chi connectivity index (χ0n) is 12.8. The number of urea groups is 1. The molecule has 1 atom stereocenters. The fourth-order valence-electron chi connectivity index (χ4n) is 1.99. The Bertz CT molecular complexity index is 632. The number of anilines is 1. The molecule has 2 rings (SSSR count). The summed E-state index contributed by atoms with van der Waals surface area (Å²) in [5, 5.41) is 5.63. The summed E-state index contributed by atoms with van der Waals surface area (Å²) in [6.07, 6.45) is 3.38. The molecule has 1 aromatic heterocycles. The summed E-state index contributed by atoms with van der Waals surface area (Å²) in [4.78, 5) is 16.1. The van der Waals surface area contributed by atoms with Crippen molar-refractivity contribution in [2.45, 2.75) is 13.0 Å². The van der Waals surface area contributed by atoms with E-state index in [0.29, 0.717) is 17.2 Å². The van der Waals surface area contributed by atoms with Crippen LogP contribution in [0.2, 0.25) is 0 Å². The maximum atomic E-state index is 12.1. The molecule has 2 aromatic rings. The number of aromatic nitrogens is 1. The molecule has 0 aliphatic carbocycles. The van der Waals surface area contributed by atoms with Crippen LogP contribution in [0.25, 0.3) is 0 Å². The van der Waals surface area contributed by atoms with Crippen LogP contribution in [0.4, 0.5) is 10.5 Å². The van der Waals surface area contributed by atoms with E-state index in [1.807, 2.05) is 19.1 Å². The van der Waals surface area contributed by atoms with Gasteiger partial charge < -0.3 is 20.1 Å². The van der Waals surface area contributed by atoms with E-state index in [0.717, 1.165) is 5.56 Å². The van der Waals surface area contributed by atoms with E-state index >= 15 is 0 Å². The quantitative estimate of drug-likeness (QED) is 0.890. The minimum atomic E-state index is -0.312. The number of carbonyl (C=O) groups is 1. The van der Waals surface area contributed by atoms with Gasteiger partial charge in [0.2, 0.25) is 0 Å². The fraction of sp³-hybridized carbons (Fsp3) is 0.250. The monoisotopic (exact) mass is 301 g/mol. The molecule has 6 heteroatoms. The number of carbonyl (C=O) groups excluding carboxylic acids is 1. The normalized spacial score (nSPS) is 11.4. The number of rotatable bonds is 5. The van der Waals surface area contributed by atoms with Crippen molar-refractivity contribution in [1.82, 2.24) is 10.3 Å². The van der Waals surface area contributed by atoms with Crippen molar-refractivity contribution in [3.63, 3.8) is 0 Å². The molecular weight excluding hydrogens is 282 g/mol. The summed E-state index contributed by atoms with van der Waals surface area (Å²) in [6.45, 7) is 1.90. The molecule has 1 heterocycles. The average molecular weight is 301 g/mol. The van der Waals surface area contributed by atoms with Gasteiger partial charge in [-0.2, -0.15) is 0 Å². The van der Waals surface area contributed by atoms with E-state index in [2.05, 4.69) is 15.6 Å². The first-order valence-corrected chi connectivity index (χ1v) is 6.83. The Hall–Kier alpha value is -2.76. The third kappa shape index (κ3) is 3.88. The maximum Gasteiger partial charge on any atom is 0.319 e. The van der Waals surface area contributed by atoms with Gasteiger partial charge >= 0.3 is 6.03 Å². The summed E-state index contributed by atoms with van der Waals surface area (Å²) in [7, 11) is 3.11. The largest absolute Gasteiger partial charge is 0.497 e. The lowest BCUT2D eigenvalue weighted by molar-refractivity contribution is 0.249. The van der Waals surface area contributed by atoms with Crippen LogP contribution < -0.4 is 20.1 Å². The lowest BCUT2D eigenvalue weighted by atomic mass is 10.1. The molecule has 0 fully saturated rings. The van der Waals surface area contributed by atoms with Crippen LogP contribution in [0.1, 0.15) is 18.5 Å². The minimum Gasteiger partial charge on any atom is -0.497 e. The van der Waals surface area contributed by atoms with Crippen molar-refractivity contribution in [2.75, 3.05) is 19.5 Å². The van der Waals surface area contributed by atoms with Crippen LogP contribution in [0, 0.1) is 0 Å². The second-order valence-electron chi connectivity index (χ2n) is 4.67. The van der Waals surface area contributed by atoms with Crippen LogP contribution in [-0.2, 0) is 0 Å². The molecule has 2 amide bonds. The number of hydrogen-bond donors (Lipinski definition) is 2. The minimum absolute atomic E-state index is 0.132. The summed E-state index contributed by atoms with van der Waals surface area (Å²) < 4.78 is 10.4. The highest BCUT2D eigenvalue weighted by molar-refractivity contribution is 5.91. The van der Waals surface area contributed by atoms with Crippen molar-refractivity contribution in [2.24, 2.45) is 0 Å². The van der Waals surface area contributed by atoms with E-state index in [4.69, 9.17) is 9.47 Å². The molecule has 6 nitrogen and oxygen atoms in total. The molecule has 0 spiro atoms. The lowest BCUT2D eigenvalue weighted by Gasteiger charge is -2.16. The van der Waals surface area contributed by atoms with Gasteiger partial charge in [-0.1, -0.05) is 0 Å². The Labute approximate surface area is 129 Å². The standard InChI is InChI=1S/C16H19N3O3/c1-11(12-6-8-17-9-7-12)18-16(20)19-14-5-4-13(21-2)10-15(14)22-3/h4-11H,1-3H3,(H2,18,19,20). The molecule has 0 saturated carbocycles. The first-order valence-electron chi connectivity index (χ1n) is 6.83. The smallest absolute Gasteiger partial charge is 0.319 e. The highest BCUT2D eigenvalue weighted by atomic mass is 16.5. The molecule has 0 aliphatic rings. The van der Waals surface area contributed by atoms with Gasteiger partial charge in [-0.3, -0.25) is 4.98 Å². The molecule has 0 aliphatic heterocycles. The SMILES string of the molecule is COc1ccc(NC(=O)NC(C)c2ccncc2)c(OC)c1. The number of methoxy groups -OCH3 is 2. The second kappa shape index (κ2) is 7.31. The van der Waals surface area contributed by atoms with E-state index in [1.165, 1.54) is 7.11 Å². The van der Waals surface area contributed by atoms with Gasteiger partial charge in [0.15, 0.2) is 0 Å². The third-order valence-electron chi connectivity index (χ3n) is 3.21. The molecule has 22 heavy (non-hydrogen) atoms. The number of ether oxygens (including phenoxy) is 2. The predicted molar refractivity (Wildman–Crippen MR) is 84.4 cm³/mol. The van der Waals surface area contributed by atoms with Crippen molar-refractivity contribution in [3.8, 4) is 11.5 Å². The van der Waals surface area contributed by atoms with Gasteiger partial charge in [-0.05, 0) is 36.8 Å². The van der Waals surface area contributed by atoms with E-state index in [9.17, 15) is 4.79 Å². The predicted octanol–water partition coefficient (Wildman–Crippen LogP) is 2.98. The van der Waals surface area contributed by atoms with Gasteiger partial charge in [-0.15, -0.1) is 0 Å². The van der Waals surface area contributed by atoms with Gasteiger partial charge in [0.25, 0.3) is 0 Å². The van der Waals surface area contributed by atoms with Gasteiger partial charge in [0, 0.05) is 18.5 Å². The number of amides is 2. The maximum absolute atomic E-state index is 12.1. The zero-order valence-corrected chi connectivity index (χ0v) is 12.8. The number of pyridine rings is 1. The van der Waals surface area contributed by atoms with Crippen LogP contribution in [0.15, 0.2) is 42.7 Å². The first kappa shape index (κ1) is 15.6. The second-order valence-corrected chi connectivity index (χ2v) is 4.67. The van der Waals surface area contributed by atoms with E-state index in [1.54, 1.807) is 37.7 Å². The molecule has 1 aromatic carbocycles. The Morgan fingerprint density at radius 2 is 1.86 bits per heavy atom. The summed E-state index contributed by atoms with van der Waals surface area (Å²) in [6, 6.07) is 8.47. The van der Waals surface area contributed by atoms with Gasteiger partial charge in [-0.25, -0.2) is 4.79 Å². The summed E-state index contributed by atoms with van der Waals surface area (Å²) in [5.41, 5.74) is 1.55. The van der Waals surface area contributed by atoms with Crippen LogP contribution in [0.5, 0.6) is 11.5 Å². The number of benzene rings is 1. The number of hydrogen-bond acceptors (Lipinski definition) is 4. The van der Waals surface area contributed by atoms with E-state index < -0.39 is 0 Å². The van der Waals surface area contributed by atoms with Crippen LogP contribution in [0.3, 0.4) is 0 Å². The Morgan fingerprint density at radius 3 is 2.50 bits per heavy atom. The van der Waals surface area contributed by atoms with E-state index in [-0.39, 0.29) is 12.1 Å². The third-order valence-corrected chi connectivity index (χ3v) is 3.21. The van der Waals surface area contributed by atoms with Gasteiger partial charge in [0.05, 0.1) is 25.9 Å². The summed E-state index contributed by atoms with van der Waals surface area (Å²) >= 11 is 0. The molecule has 2 N–H and O–H groups in total. The van der Waals surface area contributed by atoms with Crippen LogP contribution in [-0.4, -0.2) is 25.2 Å². The molecular formula is C16H19N3O3. The topological polar surface area (TPSA) is 72.5 Å². The first-order chi connectivity index (χ1) is 10.6. The fourth-order valence-corrected chi connectivity index (χ4v) is 1.99. The average Bonchev–Trinajstić information content (AvgIpc) is 2.55. The number of nitrogens with one attached hydrogen (secondary N) is 2. The van der Waals surface area contributed by atoms with Crippen molar-refractivity contribution < 1.29 is 14.3 Å². The highest BCUT2D eigenvalue weighted by Gasteiger charge is 2.12. The van der Waals surface area contributed by atoms with Crippen molar-refractivity contribution in [1.29, 1.82) is 0 Å².